The maximum Gasteiger partial charge on any atom is 0.238 e. The minimum absolute atomic E-state index is 0.0708. The zero-order valence-electron chi connectivity index (χ0n) is 13.2. The molecule has 2 rings (SSSR count). The molecular weight excluding hydrogens is 362 g/mol. The van der Waals surface area contributed by atoms with Crippen molar-refractivity contribution in [3.8, 4) is 0 Å². The first kappa shape index (κ1) is 18.7. The van der Waals surface area contributed by atoms with Crippen LogP contribution in [0.3, 0.4) is 0 Å². The van der Waals surface area contributed by atoms with Gasteiger partial charge in [-0.15, -0.1) is 11.8 Å². The maximum atomic E-state index is 11.2. The normalized spacial score (nSPS) is 11.1. The van der Waals surface area contributed by atoms with E-state index in [9.17, 15) is 8.42 Å². The summed E-state index contributed by atoms with van der Waals surface area (Å²) < 4.78 is 22.4. The van der Waals surface area contributed by atoms with E-state index in [4.69, 9.17) is 17.4 Å². The summed E-state index contributed by atoms with van der Waals surface area (Å²) in [7, 11) is -3.67. The number of rotatable bonds is 6. The van der Waals surface area contributed by atoms with Crippen molar-refractivity contribution in [3.63, 3.8) is 0 Å². The number of anilines is 1. The van der Waals surface area contributed by atoms with Crippen molar-refractivity contribution in [1.29, 1.82) is 0 Å². The highest BCUT2D eigenvalue weighted by Gasteiger charge is 2.07. The van der Waals surface area contributed by atoms with Crippen molar-refractivity contribution in [2.24, 2.45) is 5.14 Å². The van der Waals surface area contributed by atoms with Gasteiger partial charge in [-0.2, -0.15) is 0 Å². The Balaban J connectivity index is 1.74. The van der Waals surface area contributed by atoms with E-state index in [-0.39, 0.29) is 4.90 Å². The van der Waals surface area contributed by atoms with Gasteiger partial charge < -0.3 is 10.6 Å². The molecule has 2 aromatic rings. The van der Waals surface area contributed by atoms with Crippen LogP contribution in [0.5, 0.6) is 0 Å². The van der Waals surface area contributed by atoms with E-state index in [1.807, 2.05) is 0 Å². The largest absolute Gasteiger partial charge is 0.362 e. The molecule has 0 fully saturated rings. The monoisotopic (exact) mass is 381 g/mol. The number of sulfonamides is 1. The van der Waals surface area contributed by atoms with Crippen molar-refractivity contribution in [2.75, 3.05) is 17.6 Å². The van der Waals surface area contributed by atoms with Crippen molar-refractivity contribution in [1.82, 2.24) is 5.32 Å². The first-order chi connectivity index (χ1) is 11.3. The maximum absolute atomic E-state index is 11.2. The Labute approximate surface area is 152 Å². The number of benzene rings is 2. The van der Waals surface area contributed by atoms with Gasteiger partial charge in [0.25, 0.3) is 0 Å². The van der Waals surface area contributed by atoms with Crippen LogP contribution in [-0.2, 0) is 10.0 Å². The first-order valence-corrected chi connectivity index (χ1v) is 10.2. The Morgan fingerprint density at radius 3 is 2.33 bits per heavy atom. The lowest BCUT2D eigenvalue weighted by atomic mass is 10.2. The predicted molar refractivity (Wildman–Crippen MR) is 104 cm³/mol. The van der Waals surface area contributed by atoms with Gasteiger partial charge >= 0.3 is 0 Å². The van der Waals surface area contributed by atoms with E-state index >= 15 is 0 Å². The highest BCUT2D eigenvalue weighted by atomic mass is 32.2. The van der Waals surface area contributed by atoms with Crippen LogP contribution in [-0.4, -0.2) is 25.8 Å². The van der Waals surface area contributed by atoms with Gasteiger partial charge in [-0.1, -0.05) is 17.7 Å². The van der Waals surface area contributed by atoms with Crippen molar-refractivity contribution < 1.29 is 8.42 Å². The molecule has 0 unspecified atom stereocenters. The number of hydrogen-bond acceptors (Lipinski definition) is 4. The quantitative estimate of drug-likeness (QED) is 0.405. The Morgan fingerprint density at radius 2 is 1.75 bits per heavy atom. The van der Waals surface area contributed by atoms with Gasteiger partial charge in [0, 0.05) is 22.9 Å². The second kappa shape index (κ2) is 8.48. The summed E-state index contributed by atoms with van der Waals surface area (Å²) in [5.41, 5.74) is 1.95. The number of nitrogens with two attached hydrogens (primary N) is 1. The molecule has 0 aliphatic carbocycles. The number of primary sulfonamides is 1. The van der Waals surface area contributed by atoms with Gasteiger partial charge in [-0.05, 0) is 55.5 Å². The fraction of sp³-hybridized carbons (Fsp3) is 0.188. The smallest absolute Gasteiger partial charge is 0.238 e. The predicted octanol–water partition coefficient (Wildman–Crippen LogP) is 2.72. The van der Waals surface area contributed by atoms with Crippen LogP contribution >= 0.6 is 24.0 Å². The number of aryl methyl sites for hydroxylation is 1. The Bertz CT molecular complexity index is 788. The fourth-order valence-electron chi connectivity index (χ4n) is 1.87. The van der Waals surface area contributed by atoms with E-state index < -0.39 is 10.0 Å². The first-order valence-electron chi connectivity index (χ1n) is 7.22. The van der Waals surface area contributed by atoms with Gasteiger partial charge in [0.1, 0.15) is 0 Å². The molecular formula is C16H19N3O2S3. The van der Waals surface area contributed by atoms with Gasteiger partial charge in [-0.25, -0.2) is 13.6 Å². The molecule has 0 saturated heterocycles. The average molecular weight is 382 g/mol. The molecule has 5 nitrogen and oxygen atoms in total. The summed E-state index contributed by atoms with van der Waals surface area (Å²) in [6.45, 7) is 2.79. The van der Waals surface area contributed by atoms with Crippen LogP contribution in [0.15, 0.2) is 58.3 Å². The zero-order valence-corrected chi connectivity index (χ0v) is 15.6. The van der Waals surface area contributed by atoms with E-state index in [0.717, 1.165) is 12.3 Å². The van der Waals surface area contributed by atoms with E-state index in [2.05, 4.69) is 41.8 Å². The standard InChI is InChI=1S/C16H19N3O2S3/c1-12-2-6-14(7-3-12)23-11-10-18-16(22)19-13-4-8-15(9-5-13)24(17,20)21/h2-9H,10-11H2,1H3,(H2,17,20,21)(H2,18,19,22). The SMILES string of the molecule is Cc1ccc(SCCNC(=S)Nc2ccc(S(N)(=O)=O)cc2)cc1. The Morgan fingerprint density at radius 1 is 1.12 bits per heavy atom. The third kappa shape index (κ3) is 6.12. The molecule has 0 spiro atoms. The molecule has 0 aliphatic rings. The number of thioether (sulfide) groups is 1. The zero-order chi connectivity index (χ0) is 17.6. The highest BCUT2D eigenvalue weighted by Crippen LogP contribution is 2.17. The number of hydrogen-bond donors (Lipinski definition) is 3. The molecule has 0 aromatic heterocycles. The van der Waals surface area contributed by atoms with Crippen molar-refractivity contribution in [3.05, 3.63) is 54.1 Å². The summed E-state index contributed by atoms with van der Waals surface area (Å²) in [5.74, 6) is 0.884. The summed E-state index contributed by atoms with van der Waals surface area (Å²) in [5, 5.41) is 11.7. The highest BCUT2D eigenvalue weighted by molar-refractivity contribution is 7.99. The number of thiocarbonyl (C=S) groups is 1. The molecule has 24 heavy (non-hydrogen) atoms. The second-order valence-corrected chi connectivity index (χ2v) is 8.25. The summed E-state index contributed by atoms with van der Waals surface area (Å²) >= 11 is 6.97. The molecule has 4 N–H and O–H groups in total. The van der Waals surface area contributed by atoms with Gasteiger partial charge in [-0.3, -0.25) is 0 Å². The van der Waals surface area contributed by atoms with Crippen LogP contribution in [0.25, 0.3) is 0 Å². The van der Waals surface area contributed by atoms with E-state index in [1.54, 1.807) is 23.9 Å². The van der Waals surface area contributed by atoms with Crippen LogP contribution in [0.2, 0.25) is 0 Å². The lowest BCUT2D eigenvalue weighted by molar-refractivity contribution is 0.598. The molecule has 2 aromatic carbocycles. The van der Waals surface area contributed by atoms with Crippen molar-refractivity contribution >= 4 is 44.8 Å². The molecule has 128 valence electrons. The van der Waals surface area contributed by atoms with Crippen LogP contribution < -0.4 is 15.8 Å². The van der Waals surface area contributed by atoms with Gasteiger partial charge in [0.2, 0.25) is 10.0 Å². The lowest BCUT2D eigenvalue weighted by Gasteiger charge is -2.10. The topological polar surface area (TPSA) is 84.2 Å². The molecule has 8 heteroatoms. The Hall–Kier alpha value is -1.61. The second-order valence-electron chi connectivity index (χ2n) is 5.11. The molecule has 0 atom stereocenters. The summed E-state index contributed by atoms with van der Waals surface area (Å²) in [6, 6.07) is 14.5. The molecule has 0 heterocycles. The van der Waals surface area contributed by atoms with E-state index in [0.29, 0.717) is 10.8 Å². The van der Waals surface area contributed by atoms with Crippen molar-refractivity contribution in [2.45, 2.75) is 16.7 Å². The average Bonchev–Trinajstić information content (AvgIpc) is 2.53. The van der Waals surface area contributed by atoms with Gasteiger partial charge in [0.05, 0.1) is 4.90 Å². The third-order valence-corrected chi connectivity index (χ3v) is 5.31. The minimum atomic E-state index is -3.67. The van der Waals surface area contributed by atoms with E-state index in [1.165, 1.54) is 22.6 Å². The van der Waals surface area contributed by atoms with Crippen LogP contribution in [0, 0.1) is 6.92 Å². The van der Waals surface area contributed by atoms with Gasteiger partial charge in [0.15, 0.2) is 5.11 Å². The minimum Gasteiger partial charge on any atom is -0.362 e. The molecule has 0 bridgehead atoms. The molecule has 0 aliphatic heterocycles. The number of nitrogens with one attached hydrogen (secondary N) is 2. The molecule has 0 radical (unpaired) electrons. The molecule has 0 amide bonds. The summed E-state index contributed by atoms with van der Waals surface area (Å²) in [4.78, 5) is 1.29. The fourth-order valence-corrected chi connectivity index (χ4v) is 3.37. The Kier molecular flexibility index (Phi) is 6.61. The lowest BCUT2D eigenvalue weighted by Crippen LogP contribution is -2.30. The molecule has 0 saturated carbocycles. The van der Waals surface area contributed by atoms with Crippen LogP contribution in [0.4, 0.5) is 5.69 Å². The third-order valence-electron chi connectivity index (χ3n) is 3.12. The summed E-state index contributed by atoms with van der Waals surface area (Å²) in [6.07, 6.45) is 0. The van der Waals surface area contributed by atoms with Crippen LogP contribution in [0.1, 0.15) is 5.56 Å².